The van der Waals surface area contributed by atoms with Crippen molar-refractivity contribution in [2.24, 2.45) is 0 Å². The number of carbonyl (C=O) groups is 1. The molecule has 114 valence electrons. The Hall–Kier alpha value is -0.530. The first-order valence-electron chi connectivity index (χ1n) is 8.37. The summed E-state index contributed by atoms with van der Waals surface area (Å²) in [6.07, 6.45) is 15.7. The highest BCUT2D eigenvalue weighted by Gasteiger charge is 2.08. The minimum absolute atomic E-state index is 0.140. The molecule has 0 unspecified atom stereocenters. The summed E-state index contributed by atoms with van der Waals surface area (Å²) in [6, 6.07) is 0. The van der Waals surface area contributed by atoms with Crippen LogP contribution >= 0.6 is 0 Å². The van der Waals surface area contributed by atoms with E-state index in [1.807, 2.05) is 0 Å². The zero-order valence-electron chi connectivity index (χ0n) is 13.4. The van der Waals surface area contributed by atoms with Gasteiger partial charge in [0.25, 0.3) is 0 Å². The van der Waals surface area contributed by atoms with Gasteiger partial charge >= 0.3 is 5.97 Å². The molecule has 0 saturated heterocycles. The van der Waals surface area contributed by atoms with Crippen LogP contribution in [-0.4, -0.2) is 12.1 Å². The normalized spacial score (nSPS) is 12.4. The SMILES string of the molecule is CCCCCCCCCCCC[C@@H](CC)OC(C)=O. The third-order valence-corrected chi connectivity index (χ3v) is 3.67. The van der Waals surface area contributed by atoms with Gasteiger partial charge in [0.15, 0.2) is 0 Å². The molecule has 0 N–H and O–H groups in total. The molecule has 0 fully saturated rings. The molecule has 2 heteroatoms. The molecule has 0 aliphatic heterocycles. The van der Waals surface area contributed by atoms with Crippen molar-refractivity contribution in [2.45, 2.75) is 104 Å². The fraction of sp³-hybridized carbons (Fsp3) is 0.941. The fourth-order valence-electron chi connectivity index (χ4n) is 2.44. The predicted molar refractivity (Wildman–Crippen MR) is 82.3 cm³/mol. The van der Waals surface area contributed by atoms with E-state index in [1.54, 1.807) is 0 Å². The summed E-state index contributed by atoms with van der Waals surface area (Å²) in [5, 5.41) is 0. The highest BCUT2D eigenvalue weighted by Crippen LogP contribution is 2.14. The average molecular weight is 270 g/mol. The first-order valence-corrected chi connectivity index (χ1v) is 8.37. The maximum atomic E-state index is 10.9. The number of rotatable bonds is 13. The highest BCUT2D eigenvalue weighted by atomic mass is 16.5. The van der Waals surface area contributed by atoms with Crippen molar-refractivity contribution in [3.63, 3.8) is 0 Å². The van der Waals surface area contributed by atoms with E-state index in [0.29, 0.717) is 0 Å². The van der Waals surface area contributed by atoms with Gasteiger partial charge in [0, 0.05) is 6.92 Å². The molecule has 2 nitrogen and oxygen atoms in total. The van der Waals surface area contributed by atoms with E-state index < -0.39 is 0 Å². The molecule has 0 aliphatic carbocycles. The van der Waals surface area contributed by atoms with Crippen molar-refractivity contribution in [3.05, 3.63) is 0 Å². The molecule has 19 heavy (non-hydrogen) atoms. The van der Waals surface area contributed by atoms with Gasteiger partial charge in [-0.1, -0.05) is 71.6 Å². The monoisotopic (exact) mass is 270 g/mol. The molecular weight excluding hydrogens is 236 g/mol. The topological polar surface area (TPSA) is 26.3 Å². The van der Waals surface area contributed by atoms with Crippen LogP contribution in [0, 0.1) is 0 Å². The van der Waals surface area contributed by atoms with E-state index in [9.17, 15) is 4.79 Å². The average Bonchev–Trinajstić information content (AvgIpc) is 2.39. The Morgan fingerprint density at radius 2 is 1.32 bits per heavy atom. The number of carbonyl (C=O) groups excluding carboxylic acids is 1. The van der Waals surface area contributed by atoms with Crippen LogP contribution in [0.4, 0.5) is 0 Å². The van der Waals surface area contributed by atoms with Crippen molar-refractivity contribution in [3.8, 4) is 0 Å². The zero-order chi connectivity index (χ0) is 14.3. The molecule has 0 bridgehead atoms. The highest BCUT2D eigenvalue weighted by molar-refractivity contribution is 5.66. The summed E-state index contributed by atoms with van der Waals surface area (Å²) in [4.78, 5) is 10.9. The summed E-state index contributed by atoms with van der Waals surface area (Å²) in [5.74, 6) is -0.140. The van der Waals surface area contributed by atoms with Gasteiger partial charge in [0.2, 0.25) is 0 Å². The van der Waals surface area contributed by atoms with Crippen LogP contribution in [0.25, 0.3) is 0 Å². The van der Waals surface area contributed by atoms with E-state index in [0.717, 1.165) is 12.8 Å². The van der Waals surface area contributed by atoms with Crippen LogP contribution in [-0.2, 0) is 9.53 Å². The van der Waals surface area contributed by atoms with Crippen LogP contribution in [0.2, 0.25) is 0 Å². The Bertz CT molecular complexity index is 201. The van der Waals surface area contributed by atoms with Gasteiger partial charge in [-0.05, 0) is 19.3 Å². The smallest absolute Gasteiger partial charge is 0.302 e. The summed E-state index contributed by atoms with van der Waals surface area (Å²) in [7, 11) is 0. The quantitative estimate of drug-likeness (QED) is 0.320. The molecule has 1 atom stereocenters. The second-order valence-electron chi connectivity index (χ2n) is 5.61. The molecule has 0 heterocycles. The van der Waals surface area contributed by atoms with Crippen LogP contribution < -0.4 is 0 Å². The van der Waals surface area contributed by atoms with Crippen molar-refractivity contribution >= 4 is 5.97 Å². The van der Waals surface area contributed by atoms with Crippen molar-refractivity contribution < 1.29 is 9.53 Å². The second-order valence-corrected chi connectivity index (χ2v) is 5.61. The first-order chi connectivity index (χ1) is 9.20. The minimum atomic E-state index is -0.140. The largest absolute Gasteiger partial charge is 0.463 e. The number of esters is 1. The van der Waals surface area contributed by atoms with E-state index in [1.165, 1.54) is 71.1 Å². The van der Waals surface area contributed by atoms with Gasteiger partial charge in [-0.3, -0.25) is 4.79 Å². The molecule has 0 aromatic carbocycles. The maximum Gasteiger partial charge on any atom is 0.302 e. The Kier molecular flexibility index (Phi) is 13.5. The number of hydrogen-bond acceptors (Lipinski definition) is 2. The van der Waals surface area contributed by atoms with Gasteiger partial charge < -0.3 is 4.74 Å². The van der Waals surface area contributed by atoms with Crippen LogP contribution in [0.15, 0.2) is 0 Å². The van der Waals surface area contributed by atoms with Gasteiger partial charge in [0.05, 0.1) is 0 Å². The van der Waals surface area contributed by atoms with Gasteiger partial charge in [0.1, 0.15) is 6.10 Å². The lowest BCUT2D eigenvalue weighted by Gasteiger charge is -2.14. The molecule has 0 aromatic rings. The van der Waals surface area contributed by atoms with Gasteiger partial charge in [-0.25, -0.2) is 0 Å². The summed E-state index contributed by atoms with van der Waals surface area (Å²) >= 11 is 0. The Morgan fingerprint density at radius 3 is 1.74 bits per heavy atom. The van der Waals surface area contributed by atoms with Crippen molar-refractivity contribution in [1.29, 1.82) is 0 Å². The molecule has 0 radical (unpaired) electrons. The number of hydrogen-bond donors (Lipinski definition) is 0. The fourth-order valence-corrected chi connectivity index (χ4v) is 2.44. The molecule has 0 rings (SSSR count). The lowest BCUT2D eigenvalue weighted by Crippen LogP contribution is -2.14. The number of unbranched alkanes of at least 4 members (excludes halogenated alkanes) is 9. The molecule has 0 saturated carbocycles. The van der Waals surface area contributed by atoms with Gasteiger partial charge in [-0.15, -0.1) is 0 Å². The molecule has 0 spiro atoms. The molecular formula is C17H34O2. The Labute approximate surface area is 120 Å². The summed E-state index contributed by atoms with van der Waals surface area (Å²) < 4.78 is 5.24. The van der Waals surface area contributed by atoms with Crippen molar-refractivity contribution in [1.82, 2.24) is 0 Å². The van der Waals surface area contributed by atoms with E-state index in [-0.39, 0.29) is 12.1 Å². The Balaban J connectivity index is 3.23. The number of ether oxygens (including phenoxy) is 1. The lowest BCUT2D eigenvalue weighted by atomic mass is 10.0. The summed E-state index contributed by atoms with van der Waals surface area (Å²) in [6.45, 7) is 5.85. The Morgan fingerprint density at radius 1 is 0.842 bits per heavy atom. The van der Waals surface area contributed by atoms with E-state index >= 15 is 0 Å². The van der Waals surface area contributed by atoms with Gasteiger partial charge in [-0.2, -0.15) is 0 Å². The molecule has 0 aromatic heterocycles. The minimum Gasteiger partial charge on any atom is -0.463 e. The van der Waals surface area contributed by atoms with Crippen LogP contribution in [0.1, 0.15) is 97.8 Å². The third-order valence-electron chi connectivity index (χ3n) is 3.67. The van der Waals surface area contributed by atoms with E-state index in [4.69, 9.17) is 4.74 Å². The first kappa shape index (κ1) is 18.5. The second kappa shape index (κ2) is 13.9. The zero-order valence-corrected chi connectivity index (χ0v) is 13.4. The maximum absolute atomic E-state index is 10.9. The predicted octanol–water partition coefficient (Wildman–Crippen LogP) is 5.64. The van der Waals surface area contributed by atoms with E-state index in [2.05, 4.69) is 13.8 Å². The third kappa shape index (κ3) is 13.7. The summed E-state index contributed by atoms with van der Waals surface area (Å²) in [5.41, 5.74) is 0. The standard InChI is InChI=1S/C17H34O2/c1-4-6-7-8-9-10-11-12-13-14-15-17(5-2)19-16(3)18/h17H,4-15H2,1-3H3/t17-/m1/s1. The van der Waals surface area contributed by atoms with Crippen LogP contribution in [0.3, 0.4) is 0 Å². The molecule has 0 amide bonds. The van der Waals surface area contributed by atoms with Crippen molar-refractivity contribution in [2.75, 3.05) is 0 Å². The lowest BCUT2D eigenvalue weighted by molar-refractivity contribution is -0.146. The molecule has 0 aliphatic rings. The van der Waals surface area contributed by atoms with Crippen LogP contribution in [0.5, 0.6) is 0 Å².